The number of fused-ring (bicyclic) bond motifs is 5. The molecule has 1 aliphatic heterocycles. The Kier molecular flexibility index (Phi) is 8.38. The van der Waals surface area contributed by atoms with Crippen molar-refractivity contribution < 1.29 is 19.4 Å². The van der Waals surface area contributed by atoms with E-state index in [0.717, 1.165) is 28.9 Å². The molecule has 1 amide bonds. The van der Waals surface area contributed by atoms with Crippen LogP contribution in [0.5, 0.6) is 5.75 Å². The van der Waals surface area contributed by atoms with E-state index >= 15 is 0 Å². The minimum Gasteiger partial charge on any atom is -0.491 e. The molecule has 2 aromatic carbocycles. The Labute approximate surface area is 202 Å². The number of aliphatic hydroxyl groups excluding tert-OH is 1. The summed E-state index contributed by atoms with van der Waals surface area (Å²) in [5.41, 5.74) is 3.40. The minimum atomic E-state index is -0.733. The standard InChI is InChI=1S/C28H36N2O4/c1-19(2)34-21-12-13-22-23(16-21)24-17-27(22)33-14-8-4-7-11-28(32)30-25(26(31)18-29-24)15-20-9-5-3-6-10-20/h3-6,8-10,12-13,16,19,24-27,29,31H,7,11,14-15,17-18H2,1-2H3,(H,30,32)/b8-4-/t24-,25-,26+,27+/m0/s1. The van der Waals surface area contributed by atoms with E-state index in [-0.39, 0.29) is 30.2 Å². The molecule has 0 saturated heterocycles. The van der Waals surface area contributed by atoms with Gasteiger partial charge < -0.3 is 25.2 Å². The number of benzene rings is 2. The van der Waals surface area contributed by atoms with E-state index < -0.39 is 6.10 Å². The molecule has 0 unspecified atom stereocenters. The second-order valence-electron chi connectivity index (χ2n) is 9.42. The molecule has 2 aromatic rings. The van der Waals surface area contributed by atoms with Gasteiger partial charge >= 0.3 is 0 Å². The van der Waals surface area contributed by atoms with E-state index in [9.17, 15) is 9.90 Å². The number of hydrogen-bond donors (Lipinski definition) is 3. The molecule has 4 atom stereocenters. The van der Waals surface area contributed by atoms with Crippen molar-refractivity contribution in [2.45, 2.75) is 69.9 Å². The average Bonchev–Trinajstić information content (AvgIpc) is 3.15. The van der Waals surface area contributed by atoms with Gasteiger partial charge in [-0.2, -0.15) is 0 Å². The number of hydrogen-bond acceptors (Lipinski definition) is 5. The predicted octanol–water partition coefficient (Wildman–Crippen LogP) is 4.00. The SMILES string of the molecule is CC(C)Oc1ccc2c(c1)[C@@H]1C[C@H]2OC/C=C\CCC(=O)N[C@@H](Cc2ccccc2)[C@H](O)CN1. The molecule has 2 bridgehead atoms. The highest BCUT2D eigenvalue weighted by molar-refractivity contribution is 5.76. The van der Waals surface area contributed by atoms with Crippen LogP contribution in [-0.4, -0.2) is 42.4 Å². The van der Waals surface area contributed by atoms with Crippen molar-refractivity contribution >= 4 is 5.91 Å². The predicted molar refractivity (Wildman–Crippen MR) is 133 cm³/mol. The van der Waals surface area contributed by atoms with Crippen LogP contribution in [0.4, 0.5) is 0 Å². The number of β-amino-alcohol motifs (C(OH)–C–C–N with tert-alkyl or cyclic N) is 1. The van der Waals surface area contributed by atoms with Gasteiger partial charge in [0.25, 0.3) is 0 Å². The molecule has 1 aliphatic carbocycles. The van der Waals surface area contributed by atoms with Crippen LogP contribution in [0.1, 0.15) is 61.9 Å². The van der Waals surface area contributed by atoms with E-state index in [0.29, 0.717) is 32.4 Å². The molecule has 4 rings (SSSR count). The summed E-state index contributed by atoms with van der Waals surface area (Å²) in [4.78, 5) is 12.6. The second kappa shape index (κ2) is 11.6. The van der Waals surface area contributed by atoms with Crippen molar-refractivity contribution in [3.8, 4) is 5.75 Å². The first-order chi connectivity index (χ1) is 16.5. The Morgan fingerprint density at radius 1 is 1.12 bits per heavy atom. The maximum Gasteiger partial charge on any atom is 0.220 e. The Bertz CT molecular complexity index is 976. The summed E-state index contributed by atoms with van der Waals surface area (Å²) in [6, 6.07) is 15.8. The van der Waals surface area contributed by atoms with E-state index in [2.05, 4.69) is 22.8 Å². The van der Waals surface area contributed by atoms with Crippen molar-refractivity contribution in [1.29, 1.82) is 0 Å². The fourth-order valence-electron chi connectivity index (χ4n) is 4.72. The highest BCUT2D eigenvalue weighted by Gasteiger charge is 2.33. The van der Waals surface area contributed by atoms with Gasteiger partial charge in [0, 0.05) is 19.0 Å². The molecule has 2 aliphatic rings. The zero-order valence-corrected chi connectivity index (χ0v) is 20.1. The molecule has 1 heterocycles. The summed E-state index contributed by atoms with van der Waals surface area (Å²) < 4.78 is 12.1. The van der Waals surface area contributed by atoms with Gasteiger partial charge in [-0.3, -0.25) is 4.79 Å². The lowest BCUT2D eigenvalue weighted by molar-refractivity contribution is -0.122. The number of carbonyl (C=O) groups is 1. The zero-order chi connectivity index (χ0) is 23.9. The molecule has 0 radical (unpaired) electrons. The van der Waals surface area contributed by atoms with Gasteiger partial charge in [0.2, 0.25) is 5.91 Å². The van der Waals surface area contributed by atoms with E-state index in [1.165, 1.54) is 0 Å². The van der Waals surface area contributed by atoms with Gasteiger partial charge in [-0.1, -0.05) is 48.6 Å². The normalized spacial score (nSPS) is 26.8. The number of ether oxygens (including phenoxy) is 2. The molecule has 6 nitrogen and oxygen atoms in total. The Hall–Kier alpha value is -2.67. The zero-order valence-electron chi connectivity index (χ0n) is 20.1. The summed E-state index contributed by atoms with van der Waals surface area (Å²) in [6.07, 6.45) is 5.71. The number of rotatable bonds is 4. The fourth-order valence-corrected chi connectivity index (χ4v) is 4.72. The molecule has 182 valence electrons. The highest BCUT2D eigenvalue weighted by Crippen LogP contribution is 2.42. The van der Waals surface area contributed by atoms with E-state index in [4.69, 9.17) is 9.47 Å². The van der Waals surface area contributed by atoms with Crippen molar-refractivity contribution in [3.63, 3.8) is 0 Å². The van der Waals surface area contributed by atoms with Gasteiger partial charge in [0.05, 0.1) is 31.0 Å². The van der Waals surface area contributed by atoms with E-state index in [1.807, 2.05) is 62.4 Å². The summed E-state index contributed by atoms with van der Waals surface area (Å²) in [5.74, 6) is 0.785. The minimum absolute atomic E-state index is 0.0209. The van der Waals surface area contributed by atoms with Crippen LogP contribution in [0.3, 0.4) is 0 Å². The van der Waals surface area contributed by atoms with Crippen molar-refractivity contribution in [1.82, 2.24) is 10.6 Å². The third-order valence-electron chi connectivity index (χ3n) is 6.38. The Balaban J connectivity index is 1.55. The quantitative estimate of drug-likeness (QED) is 0.596. The fraction of sp³-hybridized carbons (Fsp3) is 0.464. The van der Waals surface area contributed by atoms with Gasteiger partial charge in [0.1, 0.15) is 5.75 Å². The highest BCUT2D eigenvalue weighted by atomic mass is 16.5. The molecule has 0 fully saturated rings. The lowest BCUT2D eigenvalue weighted by Crippen LogP contribution is -2.49. The first-order valence-electron chi connectivity index (χ1n) is 12.3. The largest absolute Gasteiger partial charge is 0.491 e. The number of amides is 1. The summed E-state index contributed by atoms with van der Waals surface area (Å²) in [6.45, 7) is 4.90. The van der Waals surface area contributed by atoms with Crippen LogP contribution >= 0.6 is 0 Å². The summed E-state index contributed by atoms with van der Waals surface area (Å²) in [7, 11) is 0. The average molecular weight is 465 g/mol. The third-order valence-corrected chi connectivity index (χ3v) is 6.38. The molecular weight excluding hydrogens is 428 g/mol. The van der Waals surface area contributed by atoms with Crippen LogP contribution < -0.4 is 15.4 Å². The van der Waals surface area contributed by atoms with Gasteiger partial charge in [-0.25, -0.2) is 0 Å². The lowest BCUT2D eigenvalue weighted by atomic mass is 10.00. The molecule has 0 aromatic heterocycles. The molecule has 0 saturated carbocycles. The number of allylic oxidation sites excluding steroid dienone is 1. The van der Waals surface area contributed by atoms with Crippen molar-refractivity contribution in [3.05, 3.63) is 77.4 Å². The topological polar surface area (TPSA) is 79.8 Å². The van der Waals surface area contributed by atoms with Crippen LogP contribution in [0.15, 0.2) is 60.7 Å². The number of nitrogens with one attached hydrogen (secondary N) is 2. The monoisotopic (exact) mass is 464 g/mol. The van der Waals surface area contributed by atoms with Gasteiger partial charge in [0.15, 0.2) is 0 Å². The first-order valence-corrected chi connectivity index (χ1v) is 12.3. The maximum atomic E-state index is 12.6. The first kappa shape index (κ1) is 24.5. The Morgan fingerprint density at radius 3 is 2.74 bits per heavy atom. The van der Waals surface area contributed by atoms with Crippen LogP contribution in [-0.2, 0) is 16.0 Å². The summed E-state index contributed by atoms with van der Waals surface area (Å²) >= 11 is 0. The smallest absolute Gasteiger partial charge is 0.220 e. The van der Waals surface area contributed by atoms with E-state index in [1.54, 1.807) is 0 Å². The summed E-state index contributed by atoms with van der Waals surface area (Å²) in [5, 5.41) is 17.7. The van der Waals surface area contributed by atoms with Gasteiger partial charge in [-0.05, 0) is 61.9 Å². The molecule has 3 N–H and O–H groups in total. The molecule has 0 spiro atoms. The number of carbonyl (C=O) groups excluding carboxylic acids is 1. The number of aliphatic hydroxyl groups is 1. The van der Waals surface area contributed by atoms with Crippen LogP contribution in [0, 0.1) is 0 Å². The Morgan fingerprint density at radius 2 is 1.94 bits per heavy atom. The lowest BCUT2D eigenvalue weighted by Gasteiger charge is -2.26. The van der Waals surface area contributed by atoms with Crippen LogP contribution in [0.2, 0.25) is 0 Å². The van der Waals surface area contributed by atoms with Crippen molar-refractivity contribution in [2.24, 2.45) is 0 Å². The molecular formula is C28H36N2O4. The second-order valence-corrected chi connectivity index (χ2v) is 9.42. The molecule has 34 heavy (non-hydrogen) atoms. The van der Waals surface area contributed by atoms with Crippen molar-refractivity contribution in [2.75, 3.05) is 13.2 Å². The maximum absolute atomic E-state index is 12.6. The van der Waals surface area contributed by atoms with Crippen LogP contribution in [0.25, 0.3) is 0 Å². The van der Waals surface area contributed by atoms with Gasteiger partial charge in [-0.15, -0.1) is 0 Å². The molecule has 6 heteroatoms. The third kappa shape index (κ3) is 6.47.